The first-order valence-corrected chi connectivity index (χ1v) is 6.39. The van der Waals surface area contributed by atoms with Crippen molar-refractivity contribution in [2.75, 3.05) is 18.1 Å². The third-order valence-electron chi connectivity index (χ3n) is 1.68. The lowest BCUT2D eigenvalue weighted by atomic mass is 10.3. The maximum Gasteiger partial charge on any atom is 0.316 e. The summed E-state index contributed by atoms with van der Waals surface area (Å²) in [7, 11) is -1.38. The summed E-state index contributed by atoms with van der Waals surface area (Å²) in [5.74, 6) is -0.583. The lowest BCUT2D eigenvalue weighted by Gasteiger charge is -2.05. The number of carboxylic acids is 1. The summed E-state index contributed by atoms with van der Waals surface area (Å²) in [6.07, 6.45) is 0. The van der Waals surface area contributed by atoms with Gasteiger partial charge in [-0.3, -0.25) is 9.00 Å². The molecule has 0 aliphatic heterocycles. The molecule has 1 atom stereocenters. The Bertz CT molecular complexity index is 377. The van der Waals surface area contributed by atoms with Crippen LogP contribution in [0, 0.1) is 0 Å². The molecule has 0 saturated heterocycles. The van der Waals surface area contributed by atoms with E-state index in [-0.39, 0.29) is 18.1 Å². The highest BCUT2D eigenvalue weighted by Crippen LogP contribution is 2.15. The molecule has 6 heteroatoms. The summed E-state index contributed by atoms with van der Waals surface area (Å²) in [5, 5.41) is 9.00. The van der Waals surface area contributed by atoms with Gasteiger partial charge in [0.2, 0.25) is 0 Å². The van der Waals surface area contributed by atoms with E-state index < -0.39 is 16.8 Å². The van der Waals surface area contributed by atoms with Gasteiger partial charge in [-0.05, 0) is 24.3 Å². The molecule has 0 spiro atoms. The molecule has 1 N–H and O–H groups in total. The van der Waals surface area contributed by atoms with Crippen LogP contribution in [0.5, 0.6) is 5.75 Å². The molecule has 0 radical (unpaired) electrons. The number of halogens is 1. The normalized spacial score (nSPS) is 12.1. The van der Waals surface area contributed by atoms with Crippen LogP contribution in [-0.2, 0) is 15.6 Å². The zero-order valence-corrected chi connectivity index (χ0v) is 9.96. The van der Waals surface area contributed by atoms with Gasteiger partial charge in [0.15, 0.2) is 0 Å². The molecular formula is C10H11ClO4S. The van der Waals surface area contributed by atoms with Crippen molar-refractivity contribution < 1.29 is 18.8 Å². The van der Waals surface area contributed by atoms with E-state index in [1.54, 1.807) is 24.3 Å². The van der Waals surface area contributed by atoms with Crippen molar-refractivity contribution in [2.45, 2.75) is 0 Å². The van der Waals surface area contributed by atoms with Gasteiger partial charge in [0.05, 0.1) is 12.4 Å². The first-order chi connectivity index (χ1) is 7.58. The predicted molar refractivity (Wildman–Crippen MR) is 62.5 cm³/mol. The minimum atomic E-state index is -1.38. The fourth-order valence-electron chi connectivity index (χ4n) is 0.993. The van der Waals surface area contributed by atoms with Crippen LogP contribution in [0.2, 0.25) is 5.02 Å². The summed E-state index contributed by atoms with van der Waals surface area (Å²) < 4.78 is 16.4. The molecule has 16 heavy (non-hydrogen) atoms. The molecule has 1 aromatic rings. The smallest absolute Gasteiger partial charge is 0.316 e. The summed E-state index contributed by atoms with van der Waals surface area (Å²) in [6, 6.07) is 6.76. The first kappa shape index (κ1) is 13.0. The van der Waals surface area contributed by atoms with Crippen molar-refractivity contribution in [3.63, 3.8) is 0 Å². The van der Waals surface area contributed by atoms with Crippen LogP contribution < -0.4 is 4.74 Å². The summed E-state index contributed by atoms with van der Waals surface area (Å²) >= 11 is 5.68. The van der Waals surface area contributed by atoms with Crippen LogP contribution >= 0.6 is 11.6 Å². The quantitative estimate of drug-likeness (QED) is 0.845. The number of benzene rings is 1. The van der Waals surface area contributed by atoms with Crippen LogP contribution in [-0.4, -0.2) is 33.4 Å². The summed E-state index contributed by atoms with van der Waals surface area (Å²) in [5.41, 5.74) is 0. The Kier molecular flexibility index (Phi) is 5.28. The molecule has 88 valence electrons. The maximum absolute atomic E-state index is 11.1. The number of carboxylic acid groups (broad SMARTS) is 1. The maximum atomic E-state index is 11.1. The third kappa shape index (κ3) is 5.14. The number of hydrogen-bond acceptors (Lipinski definition) is 3. The summed E-state index contributed by atoms with van der Waals surface area (Å²) in [6.45, 7) is 0.224. The topological polar surface area (TPSA) is 63.6 Å². The molecule has 0 aliphatic rings. The van der Waals surface area contributed by atoms with Crippen LogP contribution in [0.1, 0.15) is 0 Å². The number of rotatable bonds is 6. The number of carbonyl (C=O) groups is 1. The molecule has 1 rings (SSSR count). The highest BCUT2D eigenvalue weighted by atomic mass is 35.5. The van der Waals surface area contributed by atoms with Crippen molar-refractivity contribution in [3.8, 4) is 5.75 Å². The van der Waals surface area contributed by atoms with Gasteiger partial charge >= 0.3 is 5.97 Å². The number of hydrogen-bond donors (Lipinski definition) is 1. The van der Waals surface area contributed by atoms with E-state index in [2.05, 4.69) is 0 Å². The predicted octanol–water partition coefficient (Wildman–Crippen LogP) is 1.55. The highest BCUT2D eigenvalue weighted by molar-refractivity contribution is 7.85. The molecule has 0 aromatic heterocycles. The van der Waals surface area contributed by atoms with Crippen LogP contribution in [0.3, 0.4) is 0 Å². The Labute approximate surface area is 101 Å². The van der Waals surface area contributed by atoms with Gasteiger partial charge in [-0.1, -0.05) is 11.6 Å². The van der Waals surface area contributed by atoms with Crippen molar-refractivity contribution in [2.24, 2.45) is 0 Å². The fraction of sp³-hybridized carbons (Fsp3) is 0.300. The lowest BCUT2D eigenvalue weighted by molar-refractivity contribution is -0.133. The molecular weight excluding hydrogens is 252 g/mol. The molecule has 0 amide bonds. The van der Waals surface area contributed by atoms with Crippen LogP contribution in [0.15, 0.2) is 24.3 Å². The molecule has 0 heterocycles. The average molecular weight is 263 g/mol. The largest absolute Gasteiger partial charge is 0.493 e. The Morgan fingerprint density at radius 3 is 2.56 bits per heavy atom. The van der Waals surface area contributed by atoms with E-state index in [1.165, 1.54) is 0 Å². The van der Waals surface area contributed by atoms with Crippen molar-refractivity contribution in [1.29, 1.82) is 0 Å². The van der Waals surface area contributed by atoms with E-state index in [0.717, 1.165) is 0 Å². The number of aliphatic carboxylic acids is 1. The molecule has 0 saturated carbocycles. The first-order valence-electron chi connectivity index (χ1n) is 4.53. The Morgan fingerprint density at radius 2 is 2.00 bits per heavy atom. The highest BCUT2D eigenvalue weighted by Gasteiger charge is 2.05. The van der Waals surface area contributed by atoms with Crippen molar-refractivity contribution in [1.82, 2.24) is 0 Å². The molecule has 0 bridgehead atoms. The second-order valence-corrected chi connectivity index (χ2v) is 5.00. The fourth-order valence-corrected chi connectivity index (χ4v) is 1.81. The van der Waals surface area contributed by atoms with Gasteiger partial charge in [-0.15, -0.1) is 0 Å². The van der Waals surface area contributed by atoms with Crippen LogP contribution in [0.4, 0.5) is 0 Å². The van der Waals surface area contributed by atoms with E-state index >= 15 is 0 Å². The van der Waals surface area contributed by atoms with Gasteiger partial charge in [-0.2, -0.15) is 0 Å². The SMILES string of the molecule is O=C(O)CS(=O)CCOc1ccc(Cl)cc1. The van der Waals surface area contributed by atoms with E-state index in [1.807, 2.05) is 0 Å². The minimum absolute atomic E-state index is 0.203. The standard InChI is InChI=1S/C10H11ClO4S/c11-8-1-3-9(4-2-8)15-5-6-16(14)7-10(12)13/h1-4H,5-7H2,(H,12,13). The van der Waals surface area contributed by atoms with Gasteiger partial charge in [0, 0.05) is 15.8 Å². The van der Waals surface area contributed by atoms with Gasteiger partial charge in [0.1, 0.15) is 11.5 Å². The van der Waals surface area contributed by atoms with Crippen molar-refractivity contribution in [3.05, 3.63) is 29.3 Å². The van der Waals surface area contributed by atoms with Gasteiger partial charge < -0.3 is 9.84 Å². The zero-order valence-electron chi connectivity index (χ0n) is 8.39. The molecule has 4 nitrogen and oxygen atoms in total. The third-order valence-corrected chi connectivity index (χ3v) is 3.12. The zero-order chi connectivity index (χ0) is 12.0. The van der Waals surface area contributed by atoms with E-state index in [9.17, 15) is 9.00 Å². The lowest BCUT2D eigenvalue weighted by Crippen LogP contribution is -2.16. The van der Waals surface area contributed by atoms with Gasteiger partial charge in [0.25, 0.3) is 0 Å². The Morgan fingerprint density at radius 1 is 1.38 bits per heavy atom. The average Bonchev–Trinajstić information content (AvgIpc) is 2.20. The van der Waals surface area contributed by atoms with Gasteiger partial charge in [-0.25, -0.2) is 0 Å². The second kappa shape index (κ2) is 6.50. The van der Waals surface area contributed by atoms with Crippen LogP contribution in [0.25, 0.3) is 0 Å². The van der Waals surface area contributed by atoms with Crippen molar-refractivity contribution >= 4 is 28.4 Å². The van der Waals surface area contributed by atoms with E-state index in [4.69, 9.17) is 21.4 Å². The molecule has 1 unspecified atom stereocenters. The second-order valence-electron chi connectivity index (χ2n) is 2.98. The Balaban J connectivity index is 2.28. The molecule has 0 aliphatic carbocycles. The summed E-state index contributed by atoms with van der Waals surface area (Å²) in [4.78, 5) is 10.2. The molecule has 0 fully saturated rings. The Hall–Kier alpha value is -1.07. The molecule has 1 aromatic carbocycles. The minimum Gasteiger partial charge on any atom is -0.493 e. The monoisotopic (exact) mass is 262 g/mol. The van der Waals surface area contributed by atoms with E-state index in [0.29, 0.717) is 10.8 Å². The number of ether oxygens (including phenoxy) is 1.